The van der Waals surface area contributed by atoms with Crippen molar-refractivity contribution in [2.45, 2.75) is 39.3 Å². The van der Waals surface area contributed by atoms with Crippen molar-refractivity contribution >= 4 is 23.1 Å². The number of halogens is 2. The van der Waals surface area contributed by atoms with Gasteiger partial charge in [0, 0.05) is 17.1 Å². The third-order valence-corrected chi connectivity index (χ3v) is 4.57. The van der Waals surface area contributed by atoms with Crippen molar-refractivity contribution in [3.05, 3.63) is 70.5 Å². The molecule has 150 valence electrons. The highest BCUT2D eigenvalue weighted by molar-refractivity contribution is 6.30. The summed E-state index contributed by atoms with van der Waals surface area (Å²) in [6.07, 6.45) is 1.81. The zero-order chi connectivity index (χ0) is 21.1. The van der Waals surface area contributed by atoms with Crippen LogP contribution in [0.15, 0.2) is 48.5 Å². The topological polar surface area (TPSA) is 66.6 Å². The molecule has 2 aromatic carbocycles. The van der Waals surface area contributed by atoms with Crippen molar-refractivity contribution in [2.24, 2.45) is 5.73 Å². The van der Waals surface area contributed by atoms with Crippen molar-refractivity contribution in [1.29, 1.82) is 0 Å². The molecule has 3 N–H and O–H groups in total. The summed E-state index contributed by atoms with van der Waals surface area (Å²) in [6.45, 7) is 7.47. The van der Waals surface area contributed by atoms with Gasteiger partial charge in [-0.2, -0.15) is 0 Å². The van der Waals surface area contributed by atoms with E-state index in [1.54, 1.807) is 43.0 Å². The number of benzene rings is 2. The van der Waals surface area contributed by atoms with Gasteiger partial charge in [0.25, 0.3) is 0 Å². The van der Waals surface area contributed by atoms with Gasteiger partial charge in [0.15, 0.2) is 0 Å². The van der Waals surface area contributed by atoms with Gasteiger partial charge in [0.05, 0.1) is 11.6 Å². The summed E-state index contributed by atoms with van der Waals surface area (Å²) < 4.78 is 14.3. The summed E-state index contributed by atoms with van der Waals surface area (Å²) in [4.78, 5) is 14.4. The van der Waals surface area contributed by atoms with Gasteiger partial charge in [-0.3, -0.25) is 4.79 Å². The Hall–Kier alpha value is -2.37. The van der Waals surface area contributed by atoms with E-state index in [4.69, 9.17) is 17.3 Å². The number of amides is 1. The Labute approximate surface area is 170 Å². The van der Waals surface area contributed by atoms with Crippen LogP contribution in [0.2, 0.25) is 5.02 Å². The fourth-order valence-corrected chi connectivity index (χ4v) is 3.26. The minimum atomic E-state index is -1.08. The summed E-state index contributed by atoms with van der Waals surface area (Å²) in [5, 5.41) is 10.2. The molecule has 1 atom stereocenters. The summed E-state index contributed by atoms with van der Waals surface area (Å²) in [7, 11) is 0. The summed E-state index contributed by atoms with van der Waals surface area (Å²) >= 11 is 6.01. The first-order chi connectivity index (χ1) is 13.2. The van der Waals surface area contributed by atoms with Gasteiger partial charge < -0.3 is 15.7 Å². The zero-order valence-electron chi connectivity index (χ0n) is 16.5. The molecule has 6 heteroatoms. The number of nitrogens with zero attached hydrogens (tertiary/aromatic N) is 1. The van der Waals surface area contributed by atoms with E-state index < -0.39 is 17.4 Å². The lowest BCUT2D eigenvalue weighted by molar-refractivity contribution is -0.136. The number of carbonyl (C=O) groups is 1. The summed E-state index contributed by atoms with van der Waals surface area (Å²) in [5.74, 6) is -0.575. The quantitative estimate of drug-likeness (QED) is 0.763. The number of aromatic hydroxyl groups is 1. The van der Waals surface area contributed by atoms with Crippen LogP contribution in [-0.4, -0.2) is 28.0 Å². The van der Waals surface area contributed by atoms with E-state index in [9.17, 15) is 14.3 Å². The van der Waals surface area contributed by atoms with Gasteiger partial charge in [-0.1, -0.05) is 43.7 Å². The van der Waals surface area contributed by atoms with E-state index in [1.807, 2.05) is 26.0 Å². The van der Waals surface area contributed by atoms with Crippen molar-refractivity contribution in [3.8, 4) is 5.75 Å². The molecule has 0 spiro atoms. The smallest absolute Gasteiger partial charge is 0.243 e. The predicted molar refractivity (Wildman–Crippen MR) is 112 cm³/mol. The van der Waals surface area contributed by atoms with Crippen molar-refractivity contribution in [1.82, 2.24) is 4.90 Å². The molecule has 28 heavy (non-hydrogen) atoms. The largest absolute Gasteiger partial charge is 0.508 e. The number of rotatable bonds is 3. The Balaban J connectivity index is 0.00000136. The third-order valence-electron chi connectivity index (χ3n) is 4.33. The van der Waals surface area contributed by atoms with E-state index in [0.717, 1.165) is 5.56 Å². The predicted octanol–water partition coefficient (Wildman–Crippen LogP) is 4.92. The van der Waals surface area contributed by atoms with Crippen LogP contribution in [0.5, 0.6) is 5.75 Å². The molecule has 0 bridgehead atoms. The second kappa shape index (κ2) is 8.76. The minimum absolute atomic E-state index is 0.0951. The van der Waals surface area contributed by atoms with Gasteiger partial charge in [0.2, 0.25) is 5.91 Å². The molecule has 4 nitrogen and oxygen atoms in total. The molecule has 0 fully saturated rings. The molecule has 3 rings (SSSR count). The van der Waals surface area contributed by atoms with Gasteiger partial charge in [-0.15, -0.1) is 0 Å². The van der Waals surface area contributed by atoms with Crippen molar-refractivity contribution in [3.63, 3.8) is 0 Å². The van der Waals surface area contributed by atoms with E-state index in [2.05, 4.69) is 0 Å². The molecule has 0 radical (unpaired) electrons. The lowest BCUT2D eigenvalue weighted by atomic mass is 10.0. The Morgan fingerprint density at radius 3 is 2.54 bits per heavy atom. The number of hydrogen-bond acceptors (Lipinski definition) is 3. The molecular formula is C22H26ClFN2O2. The first-order valence-electron chi connectivity index (χ1n) is 9.22. The average molecular weight is 405 g/mol. The van der Waals surface area contributed by atoms with Crippen molar-refractivity contribution < 1.29 is 14.3 Å². The molecule has 0 saturated carbocycles. The molecule has 0 saturated heterocycles. The first kappa shape index (κ1) is 21.9. The number of phenols is 1. The Morgan fingerprint density at radius 1 is 1.25 bits per heavy atom. The van der Waals surface area contributed by atoms with Gasteiger partial charge in [-0.05, 0) is 55.3 Å². The molecule has 2 aromatic rings. The number of hydrogen-bond donors (Lipinski definition) is 2. The number of nitrogens with two attached hydrogens (primary N) is 1. The second-order valence-electron chi connectivity index (χ2n) is 7.01. The Morgan fingerprint density at radius 2 is 1.93 bits per heavy atom. The normalized spacial score (nSPS) is 16.3. The van der Waals surface area contributed by atoms with E-state index in [1.165, 1.54) is 12.1 Å². The minimum Gasteiger partial charge on any atom is -0.508 e. The fourth-order valence-electron chi connectivity index (χ4n) is 3.09. The maximum absolute atomic E-state index is 14.3. The second-order valence-corrected chi connectivity index (χ2v) is 7.45. The first-order valence-corrected chi connectivity index (χ1v) is 9.59. The summed E-state index contributed by atoms with van der Waals surface area (Å²) in [6, 6.07) is 10.5. The highest BCUT2D eigenvalue weighted by Crippen LogP contribution is 2.37. The molecule has 1 aliphatic rings. The van der Waals surface area contributed by atoms with Crippen LogP contribution in [-0.2, 0) is 4.79 Å². The van der Waals surface area contributed by atoms with Gasteiger partial charge in [0.1, 0.15) is 11.6 Å². The van der Waals surface area contributed by atoms with Crippen LogP contribution >= 0.6 is 11.6 Å². The summed E-state index contributed by atoms with van der Waals surface area (Å²) in [5.41, 5.74) is 6.66. The van der Waals surface area contributed by atoms with Gasteiger partial charge in [-0.25, -0.2) is 4.39 Å². The molecular weight excluding hydrogens is 379 g/mol. The maximum Gasteiger partial charge on any atom is 0.243 e. The van der Waals surface area contributed by atoms with E-state index in [0.29, 0.717) is 16.2 Å². The van der Waals surface area contributed by atoms with Gasteiger partial charge >= 0.3 is 0 Å². The van der Waals surface area contributed by atoms with Crippen LogP contribution in [0.1, 0.15) is 44.9 Å². The fraction of sp³-hybridized carbons (Fsp3) is 0.318. The van der Waals surface area contributed by atoms with Crippen LogP contribution < -0.4 is 5.73 Å². The van der Waals surface area contributed by atoms with Crippen LogP contribution in [0.3, 0.4) is 0 Å². The van der Waals surface area contributed by atoms with Crippen LogP contribution in [0, 0.1) is 5.82 Å². The molecule has 1 aliphatic heterocycles. The zero-order valence-corrected chi connectivity index (χ0v) is 17.3. The van der Waals surface area contributed by atoms with E-state index >= 15 is 0 Å². The number of carbonyl (C=O) groups excluding carboxylic acids is 1. The molecule has 0 aromatic heterocycles. The average Bonchev–Trinajstić information content (AvgIpc) is 3.09. The highest BCUT2D eigenvalue weighted by Gasteiger charge is 2.37. The SMILES string of the molecule is CC.CC(C)(N)C(=O)N1CC(c2cc(Cl)ccc2F)=CC1c1cccc(O)c1. The van der Waals surface area contributed by atoms with Crippen molar-refractivity contribution in [2.75, 3.05) is 6.54 Å². The highest BCUT2D eigenvalue weighted by atomic mass is 35.5. The Bertz CT molecular complexity index is 890. The lowest BCUT2D eigenvalue weighted by Crippen LogP contribution is -2.51. The molecule has 1 heterocycles. The van der Waals surface area contributed by atoms with E-state index in [-0.39, 0.29) is 18.2 Å². The third kappa shape index (κ3) is 4.72. The standard InChI is InChI=1S/C20H20ClFN2O2.C2H6/c1-20(2,23)19(26)24-11-13(16-10-14(21)6-7-17(16)22)9-18(24)12-4-3-5-15(25)8-12;1-2/h3-10,18,25H,11,23H2,1-2H3;1-2H3. The molecule has 0 aliphatic carbocycles. The van der Waals surface area contributed by atoms with Crippen LogP contribution in [0.25, 0.3) is 5.57 Å². The molecule has 1 amide bonds. The monoisotopic (exact) mass is 404 g/mol. The molecule has 1 unspecified atom stereocenters. The number of phenolic OH excluding ortho intramolecular Hbond substituents is 1. The Kier molecular flexibility index (Phi) is 6.86. The maximum atomic E-state index is 14.3. The lowest BCUT2D eigenvalue weighted by Gasteiger charge is -2.31. The van der Waals surface area contributed by atoms with Crippen LogP contribution in [0.4, 0.5) is 4.39 Å².